The topological polar surface area (TPSA) is 74.3 Å². The fourth-order valence-electron chi connectivity index (χ4n) is 2.23. The number of carbonyl (C=O) groups is 2. The van der Waals surface area contributed by atoms with Gasteiger partial charge in [0.2, 0.25) is 0 Å². The van der Waals surface area contributed by atoms with Gasteiger partial charge < -0.3 is 10.2 Å². The van der Waals surface area contributed by atoms with Gasteiger partial charge in [-0.25, -0.2) is 4.98 Å². The maximum atomic E-state index is 11.6. The number of aromatic nitrogens is 1. The van der Waals surface area contributed by atoms with E-state index in [1.54, 1.807) is 12.3 Å². The molecular weight excluding hydrogens is 276 g/mol. The van der Waals surface area contributed by atoms with Crippen LogP contribution in [-0.4, -0.2) is 42.3 Å². The molecule has 0 aromatic carbocycles. The molecule has 0 atom stereocenters. The normalized spacial score (nSPS) is 21.4. The summed E-state index contributed by atoms with van der Waals surface area (Å²) in [6, 6.07) is 3.74. The van der Waals surface area contributed by atoms with E-state index in [-0.39, 0.29) is 11.1 Å². The maximum Gasteiger partial charge on any atom is 0.290 e. The van der Waals surface area contributed by atoms with E-state index in [4.69, 9.17) is 0 Å². The summed E-state index contributed by atoms with van der Waals surface area (Å²) in [4.78, 5) is 29.8. The number of piperazine rings is 1. The molecule has 2 amide bonds. The first-order valence-electron chi connectivity index (χ1n) is 6.39. The molecule has 2 N–H and O–H groups in total. The van der Waals surface area contributed by atoms with E-state index in [1.165, 1.54) is 0 Å². The van der Waals surface area contributed by atoms with Gasteiger partial charge in [-0.15, -0.1) is 0 Å². The highest BCUT2D eigenvalue weighted by molar-refractivity contribution is 8.18. The van der Waals surface area contributed by atoms with Crippen LogP contribution in [-0.2, 0) is 4.79 Å². The van der Waals surface area contributed by atoms with Crippen molar-refractivity contribution in [2.24, 2.45) is 0 Å². The third kappa shape index (κ3) is 2.68. The number of rotatable bonds is 2. The van der Waals surface area contributed by atoms with Gasteiger partial charge in [0.15, 0.2) is 0 Å². The molecule has 2 aliphatic heterocycles. The van der Waals surface area contributed by atoms with Crippen LogP contribution >= 0.6 is 11.8 Å². The summed E-state index contributed by atoms with van der Waals surface area (Å²) < 4.78 is 0. The van der Waals surface area contributed by atoms with Crippen molar-refractivity contribution in [3.05, 3.63) is 28.8 Å². The minimum Gasteiger partial charge on any atom is -0.354 e. The summed E-state index contributed by atoms with van der Waals surface area (Å²) in [5, 5.41) is 5.23. The molecule has 2 saturated heterocycles. The average Bonchev–Trinajstić information content (AvgIpc) is 2.78. The zero-order valence-electron chi connectivity index (χ0n) is 10.8. The van der Waals surface area contributed by atoms with Gasteiger partial charge in [0.05, 0.1) is 4.91 Å². The van der Waals surface area contributed by atoms with Gasteiger partial charge in [0.25, 0.3) is 11.1 Å². The summed E-state index contributed by atoms with van der Waals surface area (Å²) in [5.74, 6) is 0.518. The quantitative estimate of drug-likeness (QED) is 0.785. The predicted molar refractivity (Wildman–Crippen MR) is 78.4 cm³/mol. The van der Waals surface area contributed by atoms with Gasteiger partial charge in [-0.2, -0.15) is 0 Å². The molecule has 0 bridgehead atoms. The summed E-state index contributed by atoms with van der Waals surface area (Å²) in [6.45, 7) is 3.59. The summed E-state index contributed by atoms with van der Waals surface area (Å²) in [7, 11) is 0. The number of imide groups is 1. The van der Waals surface area contributed by atoms with Crippen LogP contribution in [0.1, 0.15) is 5.56 Å². The number of hydrogen-bond acceptors (Lipinski definition) is 6. The highest BCUT2D eigenvalue weighted by atomic mass is 32.2. The second-order valence-corrected chi connectivity index (χ2v) is 5.52. The summed E-state index contributed by atoms with van der Waals surface area (Å²) >= 11 is 0.927. The van der Waals surface area contributed by atoms with Crippen LogP contribution < -0.4 is 15.5 Å². The average molecular weight is 290 g/mol. The molecule has 1 aromatic heterocycles. The van der Waals surface area contributed by atoms with Gasteiger partial charge in [0, 0.05) is 37.9 Å². The van der Waals surface area contributed by atoms with Crippen molar-refractivity contribution in [3.63, 3.8) is 0 Å². The Morgan fingerprint density at radius 1 is 1.30 bits per heavy atom. The molecule has 6 nitrogen and oxygen atoms in total. The molecule has 3 rings (SSSR count). The zero-order chi connectivity index (χ0) is 13.9. The van der Waals surface area contributed by atoms with Gasteiger partial charge in [-0.3, -0.25) is 14.9 Å². The lowest BCUT2D eigenvalue weighted by atomic mass is 10.2. The molecule has 0 unspecified atom stereocenters. The summed E-state index contributed by atoms with van der Waals surface area (Å²) in [5.41, 5.74) is 0.863. The number of nitrogens with zero attached hydrogens (tertiary/aromatic N) is 2. The first-order valence-corrected chi connectivity index (χ1v) is 7.21. The van der Waals surface area contributed by atoms with Crippen molar-refractivity contribution in [1.29, 1.82) is 0 Å². The number of carbonyl (C=O) groups excluding carboxylic acids is 2. The smallest absolute Gasteiger partial charge is 0.290 e. The monoisotopic (exact) mass is 290 g/mol. The van der Waals surface area contributed by atoms with Crippen LogP contribution in [0.25, 0.3) is 6.08 Å². The van der Waals surface area contributed by atoms with Crippen LogP contribution in [0.4, 0.5) is 10.6 Å². The molecule has 0 saturated carbocycles. The highest BCUT2D eigenvalue weighted by Gasteiger charge is 2.25. The Labute approximate surface area is 120 Å². The Bertz CT molecular complexity index is 581. The Kier molecular flexibility index (Phi) is 3.70. The van der Waals surface area contributed by atoms with Crippen molar-refractivity contribution < 1.29 is 9.59 Å². The molecular formula is C13H14N4O2S. The van der Waals surface area contributed by atoms with E-state index in [0.29, 0.717) is 4.91 Å². The minimum absolute atomic E-state index is 0.325. The third-order valence-corrected chi connectivity index (χ3v) is 3.97. The van der Waals surface area contributed by atoms with E-state index in [1.807, 2.05) is 12.1 Å². The molecule has 3 heterocycles. The van der Waals surface area contributed by atoms with E-state index in [2.05, 4.69) is 20.5 Å². The number of hydrogen-bond donors (Lipinski definition) is 2. The first-order chi connectivity index (χ1) is 9.74. The Hall–Kier alpha value is -1.86. The molecule has 0 aliphatic carbocycles. The van der Waals surface area contributed by atoms with Gasteiger partial charge >= 0.3 is 0 Å². The lowest BCUT2D eigenvalue weighted by Crippen LogP contribution is -2.44. The van der Waals surface area contributed by atoms with Crippen molar-refractivity contribution in [2.45, 2.75) is 0 Å². The lowest BCUT2D eigenvalue weighted by molar-refractivity contribution is -0.115. The second kappa shape index (κ2) is 5.64. The highest BCUT2D eigenvalue weighted by Crippen LogP contribution is 2.28. The van der Waals surface area contributed by atoms with Crippen molar-refractivity contribution in [1.82, 2.24) is 15.6 Å². The number of pyridine rings is 1. The number of nitrogens with one attached hydrogen (secondary N) is 2. The Morgan fingerprint density at radius 3 is 2.80 bits per heavy atom. The largest absolute Gasteiger partial charge is 0.354 e. The molecule has 20 heavy (non-hydrogen) atoms. The maximum absolute atomic E-state index is 11.6. The molecule has 2 fully saturated rings. The molecule has 7 heteroatoms. The lowest BCUT2D eigenvalue weighted by Gasteiger charge is -2.29. The SMILES string of the molecule is O=C1NC(=O)C(=Cc2cccnc2N2CCNCC2)S1. The number of amides is 2. The predicted octanol–water partition coefficient (Wildman–Crippen LogP) is 0.815. The fraction of sp³-hybridized carbons (Fsp3) is 0.308. The van der Waals surface area contributed by atoms with E-state index < -0.39 is 0 Å². The van der Waals surface area contributed by atoms with Gasteiger partial charge in [-0.1, -0.05) is 0 Å². The minimum atomic E-state index is -0.338. The molecule has 0 spiro atoms. The summed E-state index contributed by atoms with van der Waals surface area (Å²) in [6.07, 6.45) is 3.47. The number of thioether (sulfide) groups is 1. The van der Waals surface area contributed by atoms with Crippen LogP contribution in [0, 0.1) is 0 Å². The zero-order valence-corrected chi connectivity index (χ0v) is 11.6. The third-order valence-electron chi connectivity index (χ3n) is 3.16. The first kappa shape index (κ1) is 13.1. The van der Waals surface area contributed by atoms with Gasteiger partial charge in [-0.05, 0) is 30.0 Å². The molecule has 0 radical (unpaired) electrons. The van der Waals surface area contributed by atoms with E-state index in [9.17, 15) is 9.59 Å². The Morgan fingerprint density at radius 2 is 2.10 bits per heavy atom. The standard InChI is InChI=1S/C13H14N4O2S/c18-12-10(20-13(19)16-12)8-9-2-1-3-15-11(9)17-6-4-14-5-7-17/h1-3,8,14H,4-7H2,(H,16,18,19). The number of anilines is 1. The fourth-order valence-corrected chi connectivity index (χ4v) is 2.90. The van der Waals surface area contributed by atoms with Crippen molar-refractivity contribution in [2.75, 3.05) is 31.1 Å². The van der Waals surface area contributed by atoms with Crippen LogP contribution in [0.3, 0.4) is 0 Å². The van der Waals surface area contributed by atoms with Crippen LogP contribution in [0.15, 0.2) is 23.2 Å². The molecule has 1 aromatic rings. The molecule has 2 aliphatic rings. The van der Waals surface area contributed by atoms with Crippen molar-refractivity contribution in [3.8, 4) is 0 Å². The molecule has 104 valence electrons. The van der Waals surface area contributed by atoms with Crippen LogP contribution in [0.2, 0.25) is 0 Å². The second-order valence-electron chi connectivity index (χ2n) is 4.51. The van der Waals surface area contributed by atoms with E-state index in [0.717, 1.165) is 49.3 Å². The van der Waals surface area contributed by atoms with Crippen LogP contribution in [0.5, 0.6) is 0 Å². The Balaban J connectivity index is 1.91. The van der Waals surface area contributed by atoms with Gasteiger partial charge in [0.1, 0.15) is 5.82 Å². The van der Waals surface area contributed by atoms with E-state index >= 15 is 0 Å². The van der Waals surface area contributed by atoms with Crippen molar-refractivity contribution >= 4 is 34.8 Å².